The summed E-state index contributed by atoms with van der Waals surface area (Å²) in [5.74, 6) is -2.69. The largest absolute Gasteiger partial charge is 0.480 e. The average Bonchev–Trinajstić information content (AvgIpc) is 2.53. The zero-order valence-electron chi connectivity index (χ0n) is 13.7. The third-order valence-electron chi connectivity index (χ3n) is 3.36. The van der Waals surface area contributed by atoms with E-state index in [1.54, 1.807) is 0 Å². The normalized spacial score (nSPS) is 12.4. The molecule has 3 N–H and O–H groups in total. The van der Waals surface area contributed by atoms with E-state index in [2.05, 4.69) is 15.0 Å². The minimum Gasteiger partial charge on any atom is -0.480 e. The maximum Gasteiger partial charge on any atom is 0.326 e. The van der Waals surface area contributed by atoms with E-state index in [0.717, 1.165) is 18.3 Å². The van der Waals surface area contributed by atoms with Crippen LogP contribution in [0.15, 0.2) is 41.4 Å². The molecule has 1 aromatic carbocycles. The Morgan fingerprint density at radius 1 is 1.23 bits per heavy atom. The van der Waals surface area contributed by atoms with Crippen LogP contribution in [0.25, 0.3) is 0 Å². The number of nitrogens with one attached hydrogen (secondary N) is 2. The highest BCUT2D eigenvalue weighted by Gasteiger charge is 2.18. The van der Waals surface area contributed by atoms with Gasteiger partial charge in [-0.05, 0) is 30.7 Å². The van der Waals surface area contributed by atoms with Crippen LogP contribution in [-0.2, 0) is 14.8 Å². The van der Waals surface area contributed by atoms with Crippen LogP contribution in [0.4, 0.5) is 20.3 Å². The van der Waals surface area contributed by atoms with Gasteiger partial charge in [0, 0.05) is 12.3 Å². The molecule has 7 nitrogen and oxygen atoms in total. The highest BCUT2D eigenvalue weighted by molar-refractivity contribution is 7.92. The van der Waals surface area contributed by atoms with Gasteiger partial charge < -0.3 is 10.4 Å². The fraction of sp³-hybridized carbons (Fsp3) is 0.250. The zero-order chi connectivity index (χ0) is 19.3. The lowest BCUT2D eigenvalue weighted by Crippen LogP contribution is -2.29. The number of hydrogen-bond donors (Lipinski definition) is 3. The highest BCUT2D eigenvalue weighted by Crippen LogP contribution is 2.19. The van der Waals surface area contributed by atoms with Gasteiger partial charge in [0.25, 0.3) is 10.0 Å². The number of carbonyl (C=O) groups is 1. The van der Waals surface area contributed by atoms with E-state index in [0.29, 0.717) is 18.9 Å². The maximum atomic E-state index is 13.2. The van der Waals surface area contributed by atoms with Gasteiger partial charge in [-0.2, -0.15) is 0 Å². The predicted molar refractivity (Wildman–Crippen MR) is 91.4 cm³/mol. The molecule has 26 heavy (non-hydrogen) atoms. The molecule has 1 aromatic heterocycles. The number of aromatic nitrogens is 1. The highest BCUT2D eigenvalue weighted by atomic mass is 32.2. The molecule has 1 atom stereocenters. The Hall–Kier alpha value is -2.75. The van der Waals surface area contributed by atoms with E-state index in [1.165, 1.54) is 12.1 Å². The molecule has 1 unspecified atom stereocenters. The van der Waals surface area contributed by atoms with Crippen molar-refractivity contribution >= 4 is 27.5 Å². The fourth-order valence-electron chi connectivity index (χ4n) is 2.18. The SMILES string of the molecule is CCCC(Nc1ccc(S(=O)(=O)Nc2cc(F)cc(F)c2)cn1)C(=O)O. The first kappa shape index (κ1) is 19.6. The lowest BCUT2D eigenvalue weighted by atomic mass is 10.2. The molecule has 1 heterocycles. The maximum absolute atomic E-state index is 13.2. The lowest BCUT2D eigenvalue weighted by molar-refractivity contribution is -0.138. The molecule has 0 saturated carbocycles. The molecule has 10 heteroatoms. The molecule has 0 aliphatic rings. The number of aliphatic carboxylic acids is 1. The van der Waals surface area contributed by atoms with Crippen molar-refractivity contribution in [2.75, 3.05) is 10.0 Å². The number of anilines is 2. The van der Waals surface area contributed by atoms with Crippen molar-refractivity contribution in [3.8, 4) is 0 Å². The lowest BCUT2D eigenvalue weighted by Gasteiger charge is -2.14. The van der Waals surface area contributed by atoms with Crippen LogP contribution < -0.4 is 10.0 Å². The molecule has 0 bridgehead atoms. The summed E-state index contributed by atoms with van der Waals surface area (Å²) in [6, 6.07) is 3.97. The van der Waals surface area contributed by atoms with Crippen molar-refractivity contribution in [2.45, 2.75) is 30.7 Å². The smallest absolute Gasteiger partial charge is 0.326 e. The Labute approximate surface area is 149 Å². The van der Waals surface area contributed by atoms with Crippen LogP contribution in [0.2, 0.25) is 0 Å². The minimum absolute atomic E-state index is 0.196. The molecule has 0 aliphatic carbocycles. The Kier molecular flexibility index (Phi) is 6.09. The van der Waals surface area contributed by atoms with Gasteiger partial charge in [0.1, 0.15) is 28.4 Å². The summed E-state index contributed by atoms with van der Waals surface area (Å²) < 4.78 is 52.9. The quantitative estimate of drug-likeness (QED) is 0.645. The van der Waals surface area contributed by atoms with Gasteiger partial charge in [-0.1, -0.05) is 13.3 Å². The number of sulfonamides is 1. The third kappa shape index (κ3) is 5.12. The fourth-order valence-corrected chi connectivity index (χ4v) is 3.16. The number of carboxylic acid groups (broad SMARTS) is 1. The molecule has 0 aliphatic heterocycles. The van der Waals surface area contributed by atoms with E-state index in [-0.39, 0.29) is 16.4 Å². The van der Waals surface area contributed by atoms with Gasteiger partial charge >= 0.3 is 5.97 Å². The summed E-state index contributed by atoms with van der Waals surface area (Å²) >= 11 is 0. The summed E-state index contributed by atoms with van der Waals surface area (Å²) in [7, 11) is -4.11. The van der Waals surface area contributed by atoms with E-state index >= 15 is 0 Å². The first-order chi connectivity index (χ1) is 12.2. The number of rotatable bonds is 8. The Bertz CT molecular complexity index is 869. The summed E-state index contributed by atoms with van der Waals surface area (Å²) in [4.78, 5) is 14.8. The molecule has 2 aromatic rings. The number of benzene rings is 1. The molecular weight excluding hydrogens is 368 g/mol. The zero-order valence-corrected chi connectivity index (χ0v) is 14.6. The summed E-state index contributed by atoms with van der Waals surface area (Å²) in [6.07, 6.45) is 2.04. The molecule has 0 saturated heterocycles. The van der Waals surface area contributed by atoms with Crippen molar-refractivity contribution in [1.82, 2.24) is 4.98 Å². The van der Waals surface area contributed by atoms with Gasteiger partial charge in [-0.15, -0.1) is 0 Å². The molecule has 0 radical (unpaired) electrons. The van der Waals surface area contributed by atoms with Crippen LogP contribution in [0.3, 0.4) is 0 Å². The van der Waals surface area contributed by atoms with Gasteiger partial charge in [-0.25, -0.2) is 27.0 Å². The topological polar surface area (TPSA) is 108 Å². The number of hydrogen-bond acceptors (Lipinski definition) is 5. The second kappa shape index (κ2) is 8.09. The minimum atomic E-state index is -4.11. The first-order valence-corrected chi connectivity index (χ1v) is 9.14. The van der Waals surface area contributed by atoms with E-state index in [9.17, 15) is 22.0 Å². The van der Waals surface area contributed by atoms with Crippen molar-refractivity contribution in [2.24, 2.45) is 0 Å². The molecule has 0 spiro atoms. The van der Waals surface area contributed by atoms with Crippen LogP contribution in [-0.4, -0.2) is 30.5 Å². The van der Waals surface area contributed by atoms with Crippen LogP contribution in [0.1, 0.15) is 19.8 Å². The number of carboxylic acids is 1. The van der Waals surface area contributed by atoms with Crippen LogP contribution in [0, 0.1) is 11.6 Å². The third-order valence-corrected chi connectivity index (χ3v) is 4.73. The van der Waals surface area contributed by atoms with Crippen LogP contribution >= 0.6 is 0 Å². The number of halogens is 2. The van der Waals surface area contributed by atoms with Crippen molar-refractivity contribution in [3.05, 3.63) is 48.2 Å². The van der Waals surface area contributed by atoms with E-state index in [1.807, 2.05) is 6.92 Å². The van der Waals surface area contributed by atoms with Gasteiger partial charge in [0.05, 0.1) is 5.69 Å². The number of nitrogens with zero attached hydrogens (tertiary/aromatic N) is 1. The molecule has 140 valence electrons. The first-order valence-electron chi connectivity index (χ1n) is 7.65. The Balaban J connectivity index is 2.16. The van der Waals surface area contributed by atoms with E-state index in [4.69, 9.17) is 5.11 Å². The second-order valence-corrected chi connectivity index (χ2v) is 7.15. The molecule has 0 fully saturated rings. The van der Waals surface area contributed by atoms with Crippen molar-refractivity contribution in [1.29, 1.82) is 0 Å². The molecular formula is C16H17F2N3O4S. The van der Waals surface area contributed by atoms with Gasteiger partial charge in [0.2, 0.25) is 0 Å². The average molecular weight is 385 g/mol. The van der Waals surface area contributed by atoms with Crippen molar-refractivity contribution < 1.29 is 27.1 Å². The summed E-state index contributed by atoms with van der Waals surface area (Å²) in [5.41, 5.74) is -0.265. The molecule has 0 amide bonds. The van der Waals surface area contributed by atoms with Crippen LogP contribution in [0.5, 0.6) is 0 Å². The Morgan fingerprint density at radius 3 is 2.38 bits per heavy atom. The monoisotopic (exact) mass is 385 g/mol. The number of pyridine rings is 1. The standard InChI is InChI=1S/C16H17F2N3O4S/c1-2-3-14(16(22)23)20-15-5-4-13(9-19-15)26(24,25)21-12-7-10(17)6-11(18)8-12/h4-9,14,21H,2-3H2,1H3,(H,19,20)(H,22,23). The predicted octanol–water partition coefficient (Wildman–Crippen LogP) is 2.83. The molecule has 2 rings (SSSR count). The summed E-state index contributed by atoms with van der Waals surface area (Å²) in [5, 5.41) is 11.8. The Morgan fingerprint density at radius 2 is 1.88 bits per heavy atom. The second-order valence-electron chi connectivity index (χ2n) is 5.47. The van der Waals surface area contributed by atoms with Crippen molar-refractivity contribution in [3.63, 3.8) is 0 Å². The van der Waals surface area contributed by atoms with Gasteiger partial charge in [-0.3, -0.25) is 4.72 Å². The summed E-state index contributed by atoms with van der Waals surface area (Å²) in [6.45, 7) is 1.83. The van der Waals surface area contributed by atoms with E-state index < -0.39 is 33.7 Å². The van der Waals surface area contributed by atoms with Gasteiger partial charge in [0.15, 0.2) is 0 Å².